The molecule has 4 atom stereocenters. The molecule has 0 spiro atoms. The van der Waals surface area contributed by atoms with Crippen LogP contribution in [0.2, 0.25) is 5.02 Å². The first-order chi connectivity index (χ1) is 19.7. The Bertz CT molecular complexity index is 1200. The molecule has 0 bridgehead atoms. The third-order valence-corrected chi connectivity index (χ3v) is 7.25. The maximum atomic E-state index is 13.5. The van der Waals surface area contributed by atoms with Crippen LogP contribution in [0.5, 0.6) is 0 Å². The Labute approximate surface area is 246 Å². The summed E-state index contributed by atoms with van der Waals surface area (Å²) in [6, 6.07) is 0.596. The predicted molar refractivity (Wildman–Crippen MR) is 146 cm³/mol. The van der Waals surface area contributed by atoms with Crippen molar-refractivity contribution >= 4 is 46.9 Å². The number of alkyl halides is 2. The van der Waals surface area contributed by atoms with Crippen molar-refractivity contribution in [3.8, 4) is 0 Å². The van der Waals surface area contributed by atoms with E-state index in [1.54, 1.807) is 0 Å². The molecule has 2 heterocycles. The minimum Gasteiger partial charge on any atom is -0.669 e. The monoisotopic (exact) mass is 615 g/mol. The third-order valence-electron chi connectivity index (χ3n) is 6.94. The third kappa shape index (κ3) is 9.07. The van der Waals surface area contributed by atoms with Gasteiger partial charge in [-0.25, -0.2) is 13.6 Å². The van der Waals surface area contributed by atoms with E-state index in [4.69, 9.17) is 31.9 Å². The average molecular weight is 616 g/mol. The van der Waals surface area contributed by atoms with Crippen LogP contribution in [-0.4, -0.2) is 82.7 Å². The Morgan fingerprint density at radius 3 is 2.43 bits per heavy atom. The lowest BCUT2D eigenvalue weighted by atomic mass is 9.98. The Morgan fingerprint density at radius 1 is 1.21 bits per heavy atom. The first-order valence-electron chi connectivity index (χ1n) is 13.5. The van der Waals surface area contributed by atoms with Gasteiger partial charge in [0.2, 0.25) is 11.8 Å². The molecule has 1 aromatic rings. The molecule has 3 aliphatic rings. The quantitative estimate of drug-likeness (QED) is 0.388. The molecule has 0 aromatic heterocycles. The SMILES string of the molecule is CC(=O)Nc1ccc(C(=O)NC(C)C(=O)N2CC(F)(F)CC2C(=O)O)cc1Cl.[NH-]C1CC(=O)OC1OC1CCCCC1. The summed E-state index contributed by atoms with van der Waals surface area (Å²) in [4.78, 5) is 58.4. The molecule has 3 amide bonds. The smallest absolute Gasteiger partial charge is 0.326 e. The lowest BCUT2D eigenvalue weighted by molar-refractivity contribution is -0.175. The van der Waals surface area contributed by atoms with Crippen LogP contribution in [0.4, 0.5) is 14.5 Å². The number of cyclic esters (lactones) is 1. The number of anilines is 1. The summed E-state index contributed by atoms with van der Waals surface area (Å²) in [7, 11) is 0. The van der Waals surface area contributed by atoms with Gasteiger partial charge < -0.3 is 35.8 Å². The second kappa shape index (κ2) is 14.2. The lowest BCUT2D eigenvalue weighted by Gasteiger charge is -2.28. The number of esters is 1. The number of carboxylic acid groups (broad SMARTS) is 1. The fraction of sp³-hybridized carbons (Fsp3) is 0.593. The van der Waals surface area contributed by atoms with Crippen molar-refractivity contribution in [2.75, 3.05) is 11.9 Å². The van der Waals surface area contributed by atoms with Gasteiger partial charge in [-0.15, -0.1) is 0 Å². The van der Waals surface area contributed by atoms with Crippen molar-refractivity contribution in [3.05, 3.63) is 34.5 Å². The van der Waals surface area contributed by atoms with Gasteiger partial charge in [0.25, 0.3) is 11.8 Å². The van der Waals surface area contributed by atoms with Gasteiger partial charge in [-0.1, -0.05) is 36.9 Å². The van der Waals surface area contributed by atoms with Crippen LogP contribution in [0.1, 0.15) is 69.2 Å². The van der Waals surface area contributed by atoms with Gasteiger partial charge in [0.1, 0.15) is 12.1 Å². The Morgan fingerprint density at radius 2 is 1.88 bits per heavy atom. The highest BCUT2D eigenvalue weighted by Gasteiger charge is 2.50. The van der Waals surface area contributed by atoms with Crippen molar-refractivity contribution in [1.29, 1.82) is 0 Å². The van der Waals surface area contributed by atoms with Crippen molar-refractivity contribution in [3.63, 3.8) is 0 Å². The predicted octanol–water partition coefficient (Wildman–Crippen LogP) is 3.77. The highest BCUT2D eigenvalue weighted by Crippen LogP contribution is 2.33. The van der Waals surface area contributed by atoms with Crippen LogP contribution in [0.25, 0.3) is 5.73 Å². The fourth-order valence-corrected chi connectivity index (χ4v) is 5.08. The van der Waals surface area contributed by atoms with Crippen molar-refractivity contribution in [2.45, 2.75) is 95.2 Å². The number of carboxylic acids is 1. The van der Waals surface area contributed by atoms with Crippen LogP contribution in [0.15, 0.2) is 18.2 Å². The maximum absolute atomic E-state index is 13.5. The minimum atomic E-state index is -3.31. The topological polar surface area (TPSA) is 175 Å². The first kappa shape index (κ1) is 33.1. The zero-order chi connectivity index (χ0) is 31.2. The summed E-state index contributed by atoms with van der Waals surface area (Å²) in [5.41, 5.74) is 7.93. The number of halogens is 3. The zero-order valence-corrected chi connectivity index (χ0v) is 23.9. The molecular formula is C27H34ClF2N4O8-. The number of amides is 3. The van der Waals surface area contributed by atoms with Gasteiger partial charge in [-0.3, -0.25) is 19.2 Å². The molecule has 0 radical (unpaired) electrons. The van der Waals surface area contributed by atoms with Crippen LogP contribution < -0.4 is 10.6 Å². The molecule has 1 aliphatic carbocycles. The van der Waals surface area contributed by atoms with Crippen molar-refractivity contribution in [2.24, 2.45) is 0 Å². The first-order valence-corrected chi connectivity index (χ1v) is 13.9. The summed E-state index contributed by atoms with van der Waals surface area (Å²) in [6.07, 6.45) is 4.53. The Hall–Kier alpha value is -3.36. The van der Waals surface area contributed by atoms with E-state index in [9.17, 15) is 32.8 Å². The van der Waals surface area contributed by atoms with E-state index in [-0.39, 0.29) is 35.0 Å². The van der Waals surface area contributed by atoms with E-state index in [0.717, 1.165) is 12.8 Å². The molecule has 2 saturated heterocycles. The van der Waals surface area contributed by atoms with Crippen molar-refractivity contribution in [1.82, 2.24) is 10.2 Å². The molecule has 3 fully saturated rings. The van der Waals surface area contributed by atoms with Gasteiger partial charge in [-0.2, -0.15) is 0 Å². The summed E-state index contributed by atoms with van der Waals surface area (Å²) < 4.78 is 37.6. The van der Waals surface area contributed by atoms with Crippen LogP contribution in [0, 0.1) is 0 Å². The molecule has 1 saturated carbocycles. The Balaban J connectivity index is 0.000000287. The average Bonchev–Trinajstić information content (AvgIpc) is 3.41. The molecule has 4 unspecified atom stereocenters. The number of likely N-dealkylation sites (tertiary alicyclic amines) is 1. The Kier molecular flexibility index (Phi) is 11.2. The van der Waals surface area contributed by atoms with Crippen LogP contribution >= 0.6 is 11.6 Å². The number of nitrogens with one attached hydrogen (secondary N) is 3. The van der Waals surface area contributed by atoms with E-state index < -0.39 is 61.1 Å². The van der Waals surface area contributed by atoms with E-state index >= 15 is 0 Å². The summed E-state index contributed by atoms with van der Waals surface area (Å²) in [5, 5.41) is 14.0. The molecule has 12 nitrogen and oxygen atoms in total. The van der Waals surface area contributed by atoms with Gasteiger partial charge in [0.05, 0.1) is 23.4 Å². The number of nitrogens with zero attached hydrogens (tertiary/aromatic N) is 1. The van der Waals surface area contributed by atoms with Crippen molar-refractivity contribution < 1.29 is 47.3 Å². The van der Waals surface area contributed by atoms with Gasteiger partial charge in [-0.05, 0) is 38.0 Å². The molecular weight excluding hydrogens is 582 g/mol. The van der Waals surface area contributed by atoms with Crippen LogP contribution in [-0.2, 0) is 28.7 Å². The van der Waals surface area contributed by atoms with E-state index in [0.29, 0.717) is 10.6 Å². The molecule has 2 aliphatic heterocycles. The van der Waals surface area contributed by atoms with E-state index in [1.807, 2.05) is 0 Å². The highest BCUT2D eigenvalue weighted by molar-refractivity contribution is 6.34. The summed E-state index contributed by atoms with van der Waals surface area (Å²) in [6.45, 7) is 1.53. The number of hydrogen-bond acceptors (Lipinski definition) is 7. The second-order valence-corrected chi connectivity index (χ2v) is 10.9. The van der Waals surface area contributed by atoms with Gasteiger partial charge in [0, 0.05) is 25.3 Å². The zero-order valence-electron chi connectivity index (χ0n) is 23.2. The largest absolute Gasteiger partial charge is 0.669 e. The number of aliphatic carboxylic acids is 1. The molecule has 42 heavy (non-hydrogen) atoms. The van der Waals surface area contributed by atoms with Crippen LogP contribution in [0.3, 0.4) is 0 Å². The van der Waals surface area contributed by atoms with E-state index in [1.165, 1.54) is 51.3 Å². The lowest BCUT2D eigenvalue weighted by Crippen LogP contribution is -2.50. The second-order valence-electron chi connectivity index (χ2n) is 10.5. The molecule has 232 valence electrons. The standard InChI is InChI=1S/C17H18ClF2N3O5.C10H16NO3/c1-8(15(26)23-7-17(19,20)6-13(23)16(27)28)21-14(25)10-3-4-12(11(18)5-10)22-9(2)24;11-8-6-9(12)14-10(8)13-7-4-2-1-3-5-7/h3-5,8,13H,6-7H2,1-2H3,(H,21,25)(H,22,24)(H,27,28);7-8,10-11H,1-6H2/q;-1. The number of carbonyl (C=O) groups excluding carboxylic acids is 4. The van der Waals surface area contributed by atoms with Gasteiger partial charge in [0.15, 0.2) is 6.29 Å². The minimum absolute atomic E-state index is 0.0697. The normalized spacial score (nSPS) is 24.2. The number of hydrogen-bond donors (Lipinski definition) is 3. The fourth-order valence-electron chi connectivity index (χ4n) is 4.86. The number of carbonyl (C=O) groups is 5. The maximum Gasteiger partial charge on any atom is 0.326 e. The molecule has 4 N–H and O–H groups in total. The molecule has 4 rings (SSSR count). The summed E-state index contributed by atoms with van der Waals surface area (Å²) >= 11 is 5.99. The highest BCUT2D eigenvalue weighted by atomic mass is 35.5. The number of ether oxygens (including phenoxy) is 2. The van der Waals surface area contributed by atoms with E-state index in [2.05, 4.69) is 10.6 Å². The summed E-state index contributed by atoms with van der Waals surface area (Å²) in [5.74, 6) is -7.15. The molecule has 1 aromatic carbocycles. The number of rotatable bonds is 7. The van der Waals surface area contributed by atoms with Gasteiger partial charge >= 0.3 is 11.9 Å². The molecule has 15 heteroatoms. The number of benzene rings is 1.